The molecule has 0 bridgehead atoms. The summed E-state index contributed by atoms with van der Waals surface area (Å²) in [5, 5.41) is 2.95. The van der Waals surface area contributed by atoms with Crippen molar-refractivity contribution in [1.82, 2.24) is 9.55 Å². The van der Waals surface area contributed by atoms with E-state index in [9.17, 15) is 13.6 Å². The molecule has 0 spiro atoms. The quantitative estimate of drug-likeness (QED) is 0.221. The van der Waals surface area contributed by atoms with Crippen molar-refractivity contribution in [2.45, 2.75) is 51.2 Å². The number of amides is 1. The zero-order chi connectivity index (χ0) is 25.9. The van der Waals surface area contributed by atoms with E-state index in [1.807, 2.05) is 41.8 Å². The zero-order valence-electron chi connectivity index (χ0n) is 20.8. The summed E-state index contributed by atoms with van der Waals surface area (Å²) >= 11 is 1.27. The number of aromatic nitrogens is 2. The van der Waals surface area contributed by atoms with Crippen LogP contribution in [0.1, 0.15) is 39.1 Å². The highest BCUT2D eigenvalue weighted by Gasteiger charge is 2.30. The molecule has 0 aliphatic heterocycles. The van der Waals surface area contributed by atoms with Gasteiger partial charge < -0.3 is 14.6 Å². The molecular weight excluding hydrogens is 480 g/mol. The van der Waals surface area contributed by atoms with E-state index in [0.29, 0.717) is 23.6 Å². The summed E-state index contributed by atoms with van der Waals surface area (Å²) in [4.78, 5) is 18.7. The Morgan fingerprint density at radius 1 is 1.06 bits per heavy atom. The smallest absolute Gasteiger partial charge is 0.228 e. The van der Waals surface area contributed by atoms with Gasteiger partial charge in [-0.2, -0.15) is 0 Å². The molecule has 36 heavy (non-hydrogen) atoms. The van der Waals surface area contributed by atoms with Gasteiger partial charge in [0.1, 0.15) is 11.6 Å². The Balaban J connectivity index is 1.54. The van der Waals surface area contributed by atoms with E-state index in [1.54, 1.807) is 13.8 Å². The van der Waals surface area contributed by atoms with E-state index in [0.717, 1.165) is 29.0 Å². The Morgan fingerprint density at radius 3 is 2.47 bits per heavy atom. The molecule has 188 valence electrons. The topological polar surface area (TPSA) is 56.1 Å². The summed E-state index contributed by atoms with van der Waals surface area (Å²) in [7, 11) is 0. The Labute approximate surface area is 213 Å². The first-order chi connectivity index (χ1) is 17.2. The Morgan fingerprint density at radius 2 is 1.81 bits per heavy atom. The van der Waals surface area contributed by atoms with Crippen LogP contribution in [0.3, 0.4) is 0 Å². The lowest BCUT2D eigenvalue weighted by molar-refractivity contribution is -0.115. The number of carbonyl (C=O) groups is 1. The Hall–Kier alpha value is -3.39. The van der Waals surface area contributed by atoms with Crippen molar-refractivity contribution >= 4 is 34.4 Å². The molecule has 8 heteroatoms. The van der Waals surface area contributed by atoms with Crippen molar-refractivity contribution in [2.24, 2.45) is 0 Å². The molecule has 0 unspecified atom stereocenters. The predicted octanol–water partition coefficient (Wildman–Crippen LogP) is 6.02. The first-order valence-corrected chi connectivity index (χ1v) is 13.0. The van der Waals surface area contributed by atoms with E-state index in [4.69, 9.17) is 9.72 Å². The Kier molecular flexibility index (Phi) is 7.64. The number of benzene rings is 3. The molecule has 0 saturated heterocycles. The van der Waals surface area contributed by atoms with Gasteiger partial charge in [0.2, 0.25) is 5.91 Å². The molecule has 0 fully saturated rings. The predicted molar refractivity (Wildman–Crippen MR) is 142 cm³/mol. The number of hydrogen-bond acceptors (Lipinski definition) is 3. The van der Waals surface area contributed by atoms with Crippen LogP contribution in [-0.2, 0) is 35.1 Å². The summed E-state index contributed by atoms with van der Waals surface area (Å²) in [5.74, 6) is 0.0586. The van der Waals surface area contributed by atoms with Crippen LogP contribution in [0.25, 0.3) is 11.0 Å². The Bertz CT molecular complexity index is 1380. The summed E-state index contributed by atoms with van der Waals surface area (Å²) < 4.78 is 35.5. The summed E-state index contributed by atoms with van der Waals surface area (Å²) in [6.07, 6.45) is 0.278. The molecule has 5 nitrogen and oxygen atoms in total. The van der Waals surface area contributed by atoms with Crippen LogP contribution >= 0.6 is 0 Å². The number of ether oxygens (including phenoxy) is 1. The van der Waals surface area contributed by atoms with Gasteiger partial charge in [-0.05, 0) is 75.7 Å². The van der Waals surface area contributed by atoms with Crippen LogP contribution in [0, 0.1) is 11.6 Å². The molecule has 1 heterocycles. The number of imidazole rings is 1. The number of halogens is 2. The van der Waals surface area contributed by atoms with Crippen LogP contribution in [0.2, 0.25) is 0 Å². The van der Waals surface area contributed by atoms with Gasteiger partial charge in [-0.25, -0.2) is 13.8 Å². The number of nitrogens with one attached hydrogen (secondary N) is 1. The fourth-order valence-electron chi connectivity index (χ4n) is 4.16. The lowest BCUT2D eigenvalue weighted by atomic mass is 10.1. The maximum absolute atomic E-state index is 14.2. The highest BCUT2D eigenvalue weighted by molar-refractivity contribution is 7.78. The monoisotopic (exact) mass is 510 g/mol. The average Bonchev–Trinajstić information content (AvgIpc) is 3.21. The second-order valence-electron chi connectivity index (χ2n) is 8.94. The van der Waals surface area contributed by atoms with Gasteiger partial charge in [0, 0.05) is 30.1 Å². The van der Waals surface area contributed by atoms with Crippen LogP contribution in [0.5, 0.6) is 5.75 Å². The number of fused-ring (bicyclic) bond motifs is 1. The molecular formula is C28H30F2N3O2S+. The van der Waals surface area contributed by atoms with E-state index >= 15 is 0 Å². The minimum atomic E-state index is -1.000. The van der Waals surface area contributed by atoms with Gasteiger partial charge in [0.15, 0.2) is 27.9 Å². The molecule has 3 aromatic carbocycles. The number of nitrogens with zero attached hydrogens (tertiary/aromatic N) is 2. The summed E-state index contributed by atoms with van der Waals surface area (Å²) in [5.41, 5.74) is 2.15. The molecule has 4 aromatic rings. The third-order valence-electron chi connectivity index (χ3n) is 5.79. The molecule has 4 rings (SSSR count). The molecule has 1 N–H and O–H groups in total. The van der Waals surface area contributed by atoms with Gasteiger partial charge in [0.05, 0.1) is 17.5 Å². The second kappa shape index (κ2) is 10.7. The average molecular weight is 511 g/mol. The molecule has 0 aliphatic rings. The van der Waals surface area contributed by atoms with Crippen molar-refractivity contribution in [3.8, 4) is 5.75 Å². The van der Waals surface area contributed by atoms with Crippen molar-refractivity contribution in [3.05, 3.63) is 83.7 Å². The number of aryl methyl sites for hydroxylation is 1. The molecule has 0 aliphatic carbocycles. The highest BCUT2D eigenvalue weighted by Crippen LogP contribution is 2.32. The van der Waals surface area contributed by atoms with E-state index in [-0.39, 0.29) is 18.1 Å². The fourth-order valence-corrected chi connectivity index (χ4v) is 4.88. The third kappa shape index (κ3) is 5.70. The lowest BCUT2D eigenvalue weighted by Crippen LogP contribution is -2.30. The van der Waals surface area contributed by atoms with Gasteiger partial charge >= 0.3 is 0 Å². The number of hydrogen-bond donors (Lipinski definition) is 1. The standard InChI is InChI=1S/C28H29F2N3O2S/c1-5-33-24-13-10-20(31-26(34)15-18-7-11-21(12-8-18)36-6-2)17-23(24)32-27(33)28(3,4)35-25-14-9-19(29)16-22(25)30/h7-14,16-17H,5-6,15H2,1-4H3,(H,31,34)/p+1. The SMILES string of the molecule is CC[SH+]c1ccc(CC(=O)Nc2ccc3c(c2)nc(C(C)(C)Oc2ccc(F)cc2F)n3CC)cc1. The molecule has 0 saturated carbocycles. The molecule has 1 aromatic heterocycles. The second-order valence-corrected chi connectivity index (χ2v) is 10.4. The third-order valence-corrected chi connectivity index (χ3v) is 6.77. The number of carbonyl (C=O) groups excluding carboxylic acids is 1. The molecule has 1 amide bonds. The van der Waals surface area contributed by atoms with Crippen molar-refractivity contribution in [2.75, 3.05) is 11.1 Å². The number of thiol groups is 1. The summed E-state index contributed by atoms with van der Waals surface area (Å²) in [6, 6.07) is 16.9. The maximum Gasteiger partial charge on any atom is 0.228 e. The first kappa shape index (κ1) is 25.7. The maximum atomic E-state index is 14.2. The van der Waals surface area contributed by atoms with E-state index < -0.39 is 17.2 Å². The van der Waals surface area contributed by atoms with Crippen molar-refractivity contribution in [3.63, 3.8) is 0 Å². The minimum absolute atomic E-state index is 0.0497. The van der Waals surface area contributed by atoms with Gasteiger partial charge in [-0.1, -0.05) is 12.1 Å². The van der Waals surface area contributed by atoms with Crippen molar-refractivity contribution in [1.29, 1.82) is 0 Å². The minimum Gasteiger partial charge on any atom is -0.477 e. The normalized spacial score (nSPS) is 11.6. The lowest BCUT2D eigenvalue weighted by Gasteiger charge is -2.26. The van der Waals surface area contributed by atoms with Gasteiger partial charge in [-0.15, -0.1) is 0 Å². The summed E-state index contributed by atoms with van der Waals surface area (Å²) in [6.45, 7) is 8.31. The molecule has 0 atom stereocenters. The zero-order valence-corrected chi connectivity index (χ0v) is 21.7. The largest absolute Gasteiger partial charge is 0.477 e. The molecule has 0 radical (unpaired) electrons. The first-order valence-electron chi connectivity index (χ1n) is 11.9. The van der Waals surface area contributed by atoms with Gasteiger partial charge in [0.25, 0.3) is 0 Å². The van der Waals surface area contributed by atoms with Crippen LogP contribution in [-0.4, -0.2) is 21.2 Å². The van der Waals surface area contributed by atoms with E-state index in [1.165, 1.54) is 22.7 Å². The number of rotatable bonds is 9. The fraction of sp³-hybridized carbons (Fsp3) is 0.286. The highest BCUT2D eigenvalue weighted by atomic mass is 32.2. The van der Waals surface area contributed by atoms with Crippen LogP contribution in [0.15, 0.2) is 65.6 Å². The van der Waals surface area contributed by atoms with Gasteiger partial charge in [-0.3, -0.25) is 4.79 Å². The van der Waals surface area contributed by atoms with Crippen LogP contribution in [0.4, 0.5) is 14.5 Å². The van der Waals surface area contributed by atoms with Crippen molar-refractivity contribution < 1.29 is 18.3 Å². The van der Waals surface area contributed by atoms with E-state index in [2.05, 4.69) is 24.4 Å². The number of anilines is 1. The van der Waals surface area contributed by atoms with Crippen LogP contribution < -0.4 is 10.1 Å².